The molecular weight excluding hydrogens is 499 g/mol. The number of carbonyl (C=O) groups is 1. The zero-order chi connectivity index (χ0) is 22.4. The number of nitrogens with zero attached hydrogens (tertiary/aromatic N) is 1. The van der Waals surface area contributed by atoms with Crippen LogP contribution >= 0.6 is 39.1 Å². The second kappa shape index (κ2) is 10.5. The molecule has 0 aromatic heterocycles. The normalized spacial score (nSPS) is 11.0. The van der Waals surface area contributed by atoms with Gasteiger partial charge in [0.15, 0.2) is 0 Å². The molecule has 0 aliphatic rings. The number of hydrogen-bond acceptors (Lipinski definition) is 3. The Morgan fingerprint density at radius 2 is 1.94 bits per heavy atom. The third-order valence-corrected chi connectivity index (χ3v) is 5.70. The zero-order valence-electron chi connectivity index (χ0n) is 16.5. The van der Waals surface area contributed by atoms with Gasteiger partial charge in [-0.05, 0) is 82.0 Å². The smallest absolute Gasteiger partial charge is 0.266 e. The Hall–Kier alpha value is -2.78. The van der Waals surface area contributed by atoms with E-state index in [1.54, 1.807) is 49.4 Å². The van der Waals surface area contributed by atoms with Crippen LogP contribution in [0.25, 0.3) is 6.08 Å². The number of hydrogen-bond donors (Lipinski definition) is 1. The van der Waals surface area contributed by atoms with Crippen molar-refractivity contribution in [1.29, 1.82) is 5.26 Å². The highest BCUT2D eigenvalue weighted by Gasteiger charge is 2.12. The van der Waals surface area contributed by atoms with Gasteiger partial charge in [0.1, 0.15) is 24.0 Å². The Balaban J connectivity index is 1.73. The maximum atomic E-state index is 12.6. The summed E-state index contributed by atoms with van der Waals surface area (Å²) >= 11 is 15.6. The highest BCUT2D eigenvalue weighted by atomic mass is 79.9. The summed E-state index contributed by atoms with van der Waals surface area (Å²) in [6, 6.07) is 19.9. The Morgan fingerprint density at radius 1 is 1.16 bits per heavy atom. The lowest BCUT2D eigenvalue weighted by Crippen LogP contribution is -2.14. The topological polar surface area (TPSA) is 62.1 Å². The molecule has 0 radical (unpaired) electrons. The molecule has 0 fully saturated rings. The predicted octanol–water partition coefficient (Wildman–Crippen LogP) is 7.19. The average molecular weight is 516 g/mol. The number of anilines is 1. The van der Waals surface area contributed by atoms with Crippen LogP contribution in [-0.2, 0) is 11.4 Å². The largest absolute Gasteiger partial charge is 0.488 e. The lowest BCUT2D eigenvalue weighted by Gasteiger charge is -2.10. The summed E-state index contributed by atoms with van der Waals surface area (Å²) in [6.07, 6.45) is 1.51. The van der Waals surface area contributed by atoms with Crippen LogP contribution < -0.4 is 10.1 Å². The van der Waals surface area contributed by atoms with Gasteiger partial charge in [-0.2, -0.15) is 5.26 Å². The molecule has 1 amide bonds. The molecule has 3 aromatic carbocycles. The molecule has 3 rings (SSSR count). The van der Waals surface area contributed by atoms with Crippen molar-refractivity contribution in [3.8, 4) is 11.8 Å². The Kier molecular flexibility index (Phi) is 7.75. The molecule has 0 aliphatic carbocycles. The molecule has 156 valence electrons. The molecule has 0 saturated heterocycles. The van der Waals surface area contributed by atoms with Gasteiger partial charge >= 0.3 is 0 Å². The third kappa shape index (κ3) is 6.11. The van der Waals surface area contributed by atoms with Crippen LogP contribution in [0.5, 0.6) is 5.75 Å². The summed E-state index contributed by atoms with van der Waals surface area (Å²) in [4.78, 5) is 12.6. The van der Waals surface area contributed by atoms with E-state index in [1.165, 1.54) is 6.08 Å². The van der Waals surface area contributed by atoms with Crippen LogP contribution in [0.4, 0.5) is 5.69 Å². The summed E-state index contributed by atoms with van der Waals surface area (Å²) in [5.74, 6) is 0.125. The molecule has 3 aromatic rings. The fourth-order valence-electron chi connectivity index (χ4n) is 2.76. The number of nitriles is 1. The van der Waals surface area contributed by atoms with Crippen LogP contribution in [0.1, 0.15) is 16.7 Å². The number of benzene rings is 3. The number of rotatable bonds is 6. The van der Waals surface area contributed by atoms with Crippen molar-refractivity contribution in [3.63, 3.8) is 0 Å². The zero-order valence-corrected chi connectivity index (χ0v) is 19.6. The molecule has 0 unspecified atom stereocenters. The lowest BCUT2D eigenvalue weighted by atomic mass is 10.1. The summed E-state index contributed by atoms with van der Waals surface area (Å²) < 4.78 is 6.53. The van der Waals surface area contributed by atoms with E-state index in [4.69, 9.17) is 27.9 Å². The summed E-state index contributed by atoms with van der Waals surface area (Å²) in [6.45, 7) is 2.16. The average Bonchev–Trinajstić information content (AvgIpc) is 2.74. The molecule has 0 atom stereocenters. The second-order valence-electron chi connectivity index (χ2n) is 6.64. The van der Waals surface area contributed by atoms with Crippen LogP contribution in [0.15, 0.2) is 70.7 Å². The van der Waals surface area contributed by atoms with Crippen molar-refractivity contribution in [1.82, 2.24) is 0 Å². The molecule has 0 bridgehead atoms. The van der Waals surface area contributed by atoms with Gasteiger partial charge in [-0.3, -0.25) is 4.79 Å². The fraction of sp³-hybridized carbons (Fsp3) is 0.0833. The number of halogens is 3. The fourth-order valence-corrected chi connectivity index (χ4v) is 3.66. The third-order valence-electron chi connectivity index (χ3n) is 4.43. The molecular formula is C24H17BrCl2N2O2. The van der Waals surface area contributed by atoms with E-state index >= 15 is 0 Å². The van der Waals surface area contributed by atoms with Crippen LogP contribution in [0.3, 0.4) is 0 Å². The van der Waals surface area contributed by atoms with E-state index < -0.39 is 5.91 Å². The first kappa shape index (κ1) is 22.9. The first-order chi connectivity index (χ1) is 14.9. The molecule has 0 heterocycles. The van der Waals surface area contributed by atoms with Crippen molar-refractivity contribution < 1.29 is 9.53 Å². The number of carbonyl (C=O) groups excluding carboxylic acids is 1. The molecule has 7 heteroatoms. The van der Waals surface area contributed by atoms with Gasteiger partial charge in [0, 0.05) is 15.7 Å². The maximum absolute atomic E-state index is 12.6. The van der Waals surface area contributed by atoms with E-state index in [0.717, 1.165) is 11.1 Å². The Bertz CT molecular complexity index is 1200. The highest BCUT2D eigenvalue weighted by Crippen LogP contribution is 2.28. The standard InChI is InChI=1S/C24H17BrCl2N2O2/c1-15-21(27)6-3-7-22(15)29-24(30)18(13-28)10-16-8-9-23(20(25)12-16)31-14-17-4-2-5-19(26)11-17/h2-12H,14H2,1H3,(H,29,30)/b18-10+. The monoisotopic (exact) mass is 514 g/mol. The van der Waals surface area contributed by atoms with E-state index in [-0.39, 0.29) is 5.57 Å². The van der Waals surface area contributed by atoms with Crippen molar-refractivity contribution >= 4 is 56.8 Å². The molecule has 31 heavy (non-hydrogen) atoms. The van der Waals surface area contributed by atoms with Gasteiger partial charge in [0.25, 0.3) is 5.91 Å². The molecule has 1 N–H and O–H groups in total. The van der Waals surface area contributed by atoms with Crippen molar-refractivity contribution in [2.24, 2.45) is 0 Å². The maximum Gasteiger partial charge on any atom is 0.266 e. The van der Waals surface area contributed by atoms with Gasteiger partial charge in [0.05, 0.1) is 4.47 Å². The van der Waals surface area contributed by atoms with Gasteiger partial charge in [-0.1, -0.05) is 47.5 Å². The van der Waals surface area contributed by atoms with Crippen LogP contribution in [0, 0.1) is 18.3 Å². The van der Waals surface area contributed by atoms with Crippen molar-refractivity contribution in [2.75, 3.05) is 5.32 Å². The minimum absolute atomic E-state index is 0.0288. The van der Waals surface area contributed by atoms with Gasteiger partial charge in [0.2, 0.25) is 0 Å². The number of ether oxygens (including phenoxy) is 1. The van der Waals surface area contributed by atoms with Gasteiger partial charge in [-0.15, -0.1) is 0 Å². The highest BCUT2D eigenvalue weighted by molar-refractivity contribution is 9.10. The second-order valence-corrected chi connectivity index (χ2v) is 8.34. The molecule has 0 aliphatic heterocycles. The van der Waals surface area contributed by atoms with Crippen molar-refractivity contribution in [2.45, 2.75) is 13.5 Å². The minimum Gasteiger partial charge on any atom is -0.488 e. The van der Waals surface area contributed by atoms with Gasteiger partial charge in [-0.25, -0.2) is 0 Å². The molecule has 0 saturated carbocycles. The quantitative estimate of drug-likeness (QED) is 0.279. The predicted molar refractivity (Wildman–Crippen MR) is 128 cm³/mol. The lowest BCUT2D eigenvalue weighted by molar-refractivity contribution is -0.112. The molecule has 0 spiro atoms. The van der Waals surface area contributed by atoms with E-state index in [0.29, 0.717) is 38.1 Å². The Morgan fingerprint density at radius 3 is 2.65 bits per heavy atom. The Labute approximate surface area is 199 Å². The van der Waals surface area contributed by atoms with E-state index in [2.05, 4.69) is 21.2 Å². The number of nitrogens with one attached hydrogen (secondary N) is 1. The van der Waals surface area contributed by atoms with Gasteiger partial charge < -0.3 is 10.1 Å². The van der Waals surface area contributed by atoms with Crippen molar-refractivity contribution in [3.05, 3.63) is 97.4 Å². The van der Waals surface area contributed by atoms with E-state index in [1.807, 2.05) is 24.3 Å². The number of amides is 1. The minimum atomic E-state index is -0.509. The summed E-state index contributed by atoms with van der Waals surface area (Å²) in [7, 11) is 0. The van der Waals surface area contributed by atoms with Crippen LogP contribution in [-0.4, -0.2) is 5.91 Å². The summed E-state index contributed by atoms with van der Waals surface area (Å²) in [5, 5.41) is 13.4. The first-order valence-electron chi connectivity index (χ1n) is 9.22. The molecule has 4 nitrogen and oxygen atoms in total. The van der Waals surface area contributed by atoms with Crippen LogP contribution in [0.2, 0.25) is 10.0 Å². The summed E-state index contributed by atoms with van der Waals surface area (Å²) in [5.41, 5.74) is 2.89. The van der Waals surface area contributed by atoms with E-state index in [9.17, 15) is 10.1 Å². The SMILES string of the molecule is Cc1c(Cl)cccc1NC(=O)/C(C#N)=C/c1ccc(OCc2cccc(Cl)c2)c(Br)c1. The first-order valence-corrected chi connectivity index (χ1v) is 10.8.